The fourth-order valence-electron chi connectivity index (χ4n) is 1.32. The second kappa shape index (κ2) is 4.69. The number of allylic oxidation sites excluding steroid dienone is 1. The van der Waals surface area contributed by atoms with E-state index < -0.39 is 0 Å². The normalized spacial score (nSPS) is 17.1. The Morgan fingerprint density at radius 3 is 2.17 bits per heavy atom. The smallest absolute Gasteiger partial charge is 0.0262 e. The molecule has 0 rings (SSSR count). The molecule has 0 aromatic rings. The molecule has 0 bridgehead atoms. The van der Waals surface area contributed by atoms with Crippen molar-refractivity contribution in [3.05, 3.63) is 12.7 Å². The summed E-state index contributed by atoms with van der Waals surface area (Å²) in [7, 11) is 0. The molecule has 0 N–H and O–H groups in total. The number of hydrogen-bond acceptors (Lipinski definition) is 0. The lowest BCUT2D eigenvalue weighted by Gasteiger charge is -2.31. The third-order valence-corrected chi connectivity index (χ3v) is 3.37. The van der Waals surface area contributed by atoms with Gasteiger partial charge in [0, 0.05) is 0 Å². The molecule has 2 atom stereocenters. The molecule has 0 radical (unpaired) electrons. The van der Waals surface area contributed by atoms with Crippen LogP contribution in [0.2, 0.25) is 0 Å². The summed E-state index contributed by atoms with van der Waals surface area (Å²) in [6, 6.07) is 0. The highest BCUT2D eigenvalue weighted by atomic mass is 14.3. The minimum atomic E-state index is 0.483. The van der Waals surface area contributed by atoms with Gasteiger partial charge in [-0.25, -0.2) is 0 Å². The minimum absolute atomic E-state index is 0.483. The van der Waals surface area contributed by atoms with Crippen molar-refractivity contribution in [1.82, 2.24) is 0 Å². The van der Waals surface area contributed by atoms with Crippen molar-refractivity contribution >= 4 is 0 Å². The maximum Gasteiger partial charge on any atom is -0.0262 e. The first kappa shape index (κ1) is 11.7. The summed E-state index contributed by atoms with van der Waals surface area (Å²) in [6.45, 7) is 15.4. The van der Waals surface area contributed by atoms with E-state index in [-0.39, 0.29) is 0 Å². The van der Waals surface area contributed by atoms with Gasteiger partial charge in [-0.2, -0.15) is 0 Å². The van der Waals surface area contributed by atoms with Gasteiger partial charge in [0.1, 0.15) is 0 Å². The second-order valence-corrected chi connectivity index (χ2v) is 4.69. The van der Waals surface area contributed by atoms with Gasteiger partial charge in [0.05, 0.1) is 0 Å². The van der Waals surface area contributed by atoms with Crippen LogP contribution in [-0.2, 0) is 0 Å². The van der Waals surface area contributed by atoms with Crippen LogP contribution in [0.3, 0.4) is 0 Å². The molecule has 0 saturated carbocycles. The third-order valence-electron chi connectivity index (χ3n) is 3.37. The lowest BCUT2D eigenvalue weighted by atomic mass is 9.74. The SMILES string of the molecule is C=CC(C)CC(C)C(C)(C)CC. The highest BCUT2D eigenvalue weighted by Crippen LogP contribution is 2.34. The summed E-state index contributed by atoms with van der Waals surface area (Å²) in [5.41, 5.74) is 0.483. The first-order valence-electron chi connectivity index (χ1n) is 5.06. The zero-order chi connectivity index (χ0) is 9.78. The van der Waals surface area contributed by atoms with Crippen molar-refractivity contribution in [2.75, 3.05) is 0 Å². The molecule has 2 unspecified atom stereocenters. The van der Waals surface area contributed by atoms with E-state index in [0.717, 1.165) is 5.92 Å². The lowest BCUT2D eigenvalue weighted by Crippen LogP contribution is -2.22. The van der Waals surface area contributed by atoms with Gasteiger partial charge in [-0.1, -0.05) is 47.1 Å². The Morgan fingerprint density at radius 2 is 1.83 bits per heavy atom. The Balaban J connectivity index is 4.02. The Labute approximate surface area is 78.1 Å². The van der Waals surface area contributed by atoms with Crippen LogP contribution in [0.25, 0.3) is 0 Å². The first-order valence-corrected chi connectivity index (χ1v) is 5.06. The van der Waals surface area contributed by atoms with Crippen molar-refractivity contribution in [2.24, 2.45) is 17.3 Å². The zero-order valence-electron chi connectivity index (χ0n) is 9.35. The van der Waals surface area contributed by atoms with Crippen molar-refractivity contribution in [3.63, 3.8) is 0 Å². The summed E-state index contributed by atoms with van der Waals surface area (Å²) in [5.74, 6) is 1.45. The maximum atomic E-state index is 3.82. The lowest BCUT2D eigenvalue weighted by molar-refractivity contribution is 0.196. The summed E-state index contributed by atoms with van der Waals surface area (Å²) in [5, 5.41) is 0. The number of rotatable bonds is 5. The summed E-state index contributed by atoms with van der Waals surface area (Å²) in [6.07, 6.45) is 4.59. The maximum absolute atomic E-state index is 3.82. The second-order valence-electron chi connectivity index (χ2n) is 4.69. The van der Waals surface area contributed by atoms with Gasteiger partial charge < -0.3 is 0 Å². The fourth-order valence-corrected chi connectivity index (χ4v) is 1.32. The minimum Gasteiger partial charge on any atom is -0.103 e. The van der Waals surface area contributed by atoms with Crippen molar-refractivity contribution in [3.8, 4) is 0 Å². The van der Waals surface area contributed by atoms with E-state index in [1.807, 2.05) is 0 Å². The van der Waals surface area contributed by atoms with Gasteiger partial charge in [-0.15, -0.1) is 6.58 Å². The van der Waals surface area contributed by atoms with E-state index in [9.17, 15) is 0 Å². The molecule has 0 aliphatic rings. The van der Waals surface area contributed by atoms with E-state index in [0.29, 0.717) is 11.3 Å². The van der Waals surface area contributed by atoms with E-state index in [2.05, 4.69) is 47.3 Å². The quantitative estimate of drug-likeness (QED) is 0.538. The van der Waals surface area contributed by atoms with Crippen molar-refractivity contribution in [2.45, 2.75) is 47.5 Å². The van der Waals surface area contributed by atoms with Gasteiger partial charge >= 0.3 is 0 Å². The molecule has 0 aliphatic carbocycles. The van der Waals surface area contributed by atoms with Gasteiger partial charge in [0.25, 0.3) is 0 Å². The summed E-state index contributed by atoms with van der Waals surface area (Å²) >= 11 is 0. The molecular weight excluding hydrogens is 144 g/mol. The molecule has 0 saturated heterocycles. The van der Waals surface area contributed by atoms with Gasteiger partial charge in [0.15, 0.2) is 0 Å². The van der Waals surface area contributed by atoms with Crippen LogP contribution in [0.15, 0.2) is 12.7 Å². The van der Waals surface area contributed by atoms with Crippen LogP contribution < -0.4 is 0 Å². The predicted molar refractivity (Wildman–Crippen MR) is 57.2 cm³/mol. The van der Waals surface area contributed by atoms with Gasteiger partial charge in [-0.3, -0.25) is 0 Å². The average Bonchev–Trinajstić information content (AvgIpc) is 2.04. The Kier molecular flexibility index (Phi) is 4.59. The van der Waals surface area contributed by atoms with Crippen LogP contribution in [0.1, 0.15) is 47.5 Å². The molecule has 0 aromatic carbocycles. The molecule has 0 spiro atoms. The van der Waals surface area contributed by atoms with E-state index in [4.69, 9.17) is 0 Å². The monoisotopic (exact) mass is 168 g/mol. The predicted octanol–water partition coefficient (Wildman–Crippen LogP) is 4.27. The third kappa shape index (κ3) is 3.42. The Bertz CT molecular complexity index is 133. The number of hydrogen-bond donors (Lipinski definition) is 0. The molecule has 72 valence electrons. The van der Waals surface area contributed by atoms with Crippen LogP contribution >= 0.6 is 0 Å². The largest absolute Gasteiger partial charge is 0.103 e. The standard InChI is InChI=1S/C12H24/c1-7-10(3)9-11(4)12(5,6)8-2/h7,10-11H,1,8-9H2,2-6H3. The zero-order valence-corrected chi connectivity index (χ0v) is 9.35. The average molecular weight is 168 g/mol. The van der Waals surface area contributed by atoms with Crippen molar-refractivity contribution < 1.29 is 0 Å². The van der Waals surface area contributed by atoms with Crippen molar-refractivity contribution in [1.29, 1.82) is 0 Å². The Hall–Kier alpha value is -0.260. The van der Waals surface area contributed by atoms with Gasteiger partial charge in [0.2, 0.25) is 0 Å². The Morgan fingerprint density at radius 1 is 1.33 bits per heavy atom. The van der Waals surface area contributed by atoms with Crippen LogP contribution in [0, 0.1) is 17.3 Å². The molecule has 0 aliphatic heterocycles. The molecule has 0 heterocycles. The van der Waals surface area contributed by atoms with Crippen LogP contribution in [-0.4, -0.2) is 0 Å². The van der Waals surface area contributed by atoms with E-state index >= 15 is 0 Å². The fraction of sp³-hybridized carbons (Fsp3) is 0.833. The molecular formula is C12H24. The molecule has 0 nitrogen and oxygen atoms in total. The van der Waals surface area contributed by atoms with E-state index in [1.165, 1.54) is 12.8 Å². The first-order chi connectivity index (χ1) is 5.44. The van der Waals surface area contributed by atoms with Crippen LogP contribution in [0.4, 0.5) is 0 Å². The van der Waals surface area contributed by atoms with Gasteiger partial charge in [-0.05, 0) is 23.7 Å². The van der Waals surface area contributed by atoms with E-state index in [1.54, 1.807) is 0 Å². The van der Waals surface area contributed by atoms with Crippen LogP contribution in [0.5, 0.6) is 0 Å². The molecule has 0 amide bonds. The summed E-state index contributed by atoms with van der Waals surface area (Å²) < 4.78 is 0. The highest BCUT2D eigenvalue weighted by Gasteiger charge is 2.24. The topological polar surface area (TPSA) is 0 Å². The molecule has 0 aromatic heterocycles. The molecule has 0 heteroatoms. The summed E-state index contributed by atoms with van der Waals surface area (Å²) in [4.78, 5) is 0. The molecule has 0 fully saturated rings. The molecule has 12 heavy (non-hydrogen) atoms. The highest BCUT2D eigenvalue weighted by molar-refractivity contribution is 4.81.